The van der Waals surface area contributed by atoms with E-state index < -0.39 is 0 Å². The third-order valence-corrected chi connectivity index (χ3v) is 3.45. The first-order valence-corrected chi connectivity index (χ1v) is 7.65. The lowest BCUT2D eigenvalue weighted by atomic mass is 9.91. The summed E-state index contributed by atoms with van der Waals surface area (Å²) >= 11 is 0. The van der Waals surface area contributed by atoms with Gasteiger partial charge < -0.3 is 9.14 Å². The van der Waals surface area contributed by atoms with Crippen LogP contribution >= 0.6 is 0 Å². The molecule has 0 saturated heterocycles. The molecule has 0 aliphatic carbocycles. The highest BCUT2D eigenvalue weighted by Crippen LogP contribution is 2.24. The number of ether oxygens (including phenoxy) is 1. The first-order valence-electron chi connectivity index (χ1n) is 7.65. The number of benzene rings is 1. The normalized spacial score (nSPS) is 11.8. The molecule has 2 aromatic heterocycles. The van der Waals surface area contributed by atoms with Gasteiger partial charge in [0.2, 0.25) is 0 Å². The van der Waals surface area contributed by atoms with Crippen LogP contribution in [0.4, 0.5) is 0 Å². The van der Waals surface area contributed by atoms with E-state index in [2.05, 4.69) is 39.1 Å². The van der Waals surface area contributed by atoms with E-state index in [1.807, 2.05) is 40.9 Å². The van der Waals surface area contributed by atoms with Gasteiger partial charge in [-0.15, -0.1) is 0 Å². The Morgan fingerprint density at radius 3 is 2.55 bits per heavy atom. The lowest BCUT2D eigenvalue weighted by Gasteiger charge is -2.15. The predicted molar refractivity (Wildman–Crippen MR) is 89.1 cm³/mol. The zero-order chi connectivity index (χ0) is 15.6. The van der Waals surface area contributed by atoms with Crippen molar-refractivity contribution in [2.24, 2.45) is 5.41 Å². The van der Waals surface area contributed by atoms with E-state index in [1.54, 1.807) is 0 Å². The van der Waals surface area contributed by atoms with Crippen LogP contribution in [-0.4, -0.2) is 9.38 Å². The Labute approximate surface area is 131 Å². The van der Waals surface area contributed by atoms with Gasteiger partial charge in [0.05, 0.1) is 5.69 Å². The van der Waals surface area contributed by atoms with E-state index in [1.165, 1.54) is 0 Å². The highest BCUT2D eigenvalue weighted by Gasteiger charge is 2.15. The molecule has 0 aliphatic heterocycles. The maximum Gasteiger partial charge on any atom is 0.179 e. The molecule has 0 aliphatic rings. The van der Waals surface area contributed by atoms with Crippen molar-refractivity contribution in [3.05, 3.63) is 66.1 Å². The van der Waals surface area contributed by atoms with Crippen LogP contribution in [0, 0.1) is 5.41 Å². The molecule has 0 radical (unpaired) electrons. The van der Waals surface area contributed by atoms with Crippen LogP contribution in [0.15, 0.2) is 54.9 Å². The van der Waals surface area contributed by atoms with Gasteiger partial charge in [0, 0.05) is 12.4 Å². The molecule has 2 heterocycles. The third kappa shape index (κ3) is 3.48. The van der Waals surface area contributed by atoms with Gasteiger partial charge in [-0.25, -0.2) is 4.98 Å². The van der Waals surface area contributed by atoms with Crippen LogP contribution in [0.3, 0.4) is 0 Å². The summed E-state index contributed by atoms with van der Waals surface area (Å²) < 4.78 is 8.01. The monoisotopic (exact) mass is 294 g/mol. The first kappa shape index (κ1) is 14.6. The Balaban J connectivity index is 1.83. The number of fused-ring (bicyclic) bond motifs is 1. The number of imidazole rings is 1. The van der Waals surface area contributed by atoms with E-state index in [-0.39, 0.29) is 5.41 Å². The van der Waals surface area contributed by atoms with Gasteiger partial charge >= 0.3 is 0 Å². The number of rotatable bonds is 4. The summed E-state index contributed by atoms with van der Waals surface area (Å²) in [5, 5.41) is 0. The molecule has 0 unspecified atom stereocenters. The fraction of sp³-hybridized carbons (Fsp3) is 0.316. The van der Waals surface area contributed by atoms with E-state index in [9.17, 15) is 0 Å². The molecule has 0 atom stereocenters. The summed E-state index contributed by atoms with van der Waals surface area (Å²) in [6.07, 6.45) is 5.06. The number of aromatic nitrogens is 2. The van der Waals surface area contributed by atoms with E-state index in [0.29, 0.717) is 6.61 Å². The number of hydrogen-bond donors (Lipinski definition) is 0. The van der Waals surface area contributed by atoms with Crippen LogP contribution < -0.4 is 4.74 Å². The molecule has 114 valence electrons. The maximum atomic E-state index is 5.97. The first-order chi connectivity index (χ1) is 10.5. The summed E-state index contributed by atoms with van der Waals surface area (Å²) in [6, 6.07) is 14.2. The van der Waals surface area contributed by atoms with Gasteiger partial charge in [-0.05, 0) is 29.5 Å². The van der Waals surface area contributed by atoms with Gasteiger partial charge in [-0.2, -0.15) is 0 Å². The minimum Gasteiger partial charge on any atom is -0.485 e. The molecule has 3 aromatic rings. The maximum absolute atomic E-state index is 5.97. The fourth-order valence-corrected chi connectivity index (χ4v) is 2.51. The van der Waals surface area contributed by atoms with Crippen molar-refractivity contribution in [1.29, 1.82) is 0 Å². The third-order valence-electron chi connectivity index (χ3n) is 3.45. The highest BCUT2D eigenvalue weighted by atomic mass is 16.5. The van der Waals surface area contributed by atoms with Crippen molar-refractivity contribution in [2.45, 2.75) is 33.8 Å². The van der Waals surface area contributed by atoms with Gasteiger partial charge in [0.1, 0.15) is 6.61 Å². The Morgan fingerprint density at radius 2 is 1.82 bits per heavy atom. The van der Waals surface area contributed by atoms with Crippen molar-refractivity contribution < 1.29 is 4.74 Å². The summed E-state index contributed by atoms with van der Waals surface area (Å²) in [7, 11) is 0. The van der Waals surface area contributed by atoms with Gasteiger partial charge in [-0.3, -0.25) is 0 Å². The summed E-state index contributed by atoms with van der Waals surface area (Å²) in [6.45, 7) is 7.24. The molecule has 3 heteroatoms. The zero-order valence-corrected chi connectivity index (χ0v) is 13.4. The van der Waals surface area contributed by atoms with Gasteiger partial charge in [0.15, 0.2) is 11.4 Å². The molecule has 0 bridgehead atoms. The lowest BCUT2D eigenvalue weighted by Crippen LogP contribution is -2.09. The standard InChI is InChI=1S/C19H22N2O/c1-19(2,3)12-16-13-21-11-7-10-17(18(21)20-16)22-14-15-8-5-4-6-9-15/h4-11,13H,12,14H2,1-3H3. The average molecular weight is 294 g/mol. The SMILES string of the molecule is CC(C)(C)Cc1cn2cccc(OCc3ccccc3)c2n1. The minimum atomic E-state index is 0.225. The van der Waals surface area contributed by atoms with E-state index >= 15 is 0 Å². The molecule has 0 spiro atoms. The molecule has 3 rings (SSSR count). The second-order valence-corrected chi connectivity index (χ2v) is 6.85. The van der Waals surface area contributed by atoms with Crippen LogP contribution in [-0.2, 0) is 13.0 Å². The summed E-state index contributed by atoms with van der Waals surface area (Å²) in [5.74, 6) is 0.825. The lowest BCUT2D eigenvalue weighted by molar-refractivity contribution is 0.308. The molecule has 0 saturated carbocycles. The van der Waals surface area contributed by atoms with Crippen molar-refractivity contribution in [1.82, 2.24) is 9.38 Å². The minimum absolute atomic E-state index is 0.225. The summed E-state index contributed by atoms with van der Waals surface area (Å²) in [4.78, 5) is 4.75. The predicted octanol–water partition coefficient (Wildman–Crippen LogP) is 4.50. The highest BCUT2D eigenvalue weighted by molar-refractivity contribution is 5.54. The second kappa shape index (κ2) is 5.84. The molecule has 0 amide bonds. The van der Waals surface area contributed by atoms with Crippen molar-refractivity contribution in [3.63, 3.8) is 0 Å². The van der Waals surface area contributed by atoms with Crippen LogP contribution in [0.25, 0.3) is 5.65 Å². The number of pyridine rings is 1. The quantitative estimate of drug-likeness (QED) is 0.708. The van der Waals surface area contributed by atoms with E-state index in [0.717, 1.165) is 29.1 Å². The molecule has 1 aromatic carbocycles. The van der Waals surface area contributed by atoms with Crippen molar-refractivity contribution in [3.8, 4) is 5.75 Å². The Hall–Kier alpha value is -2.29. The topological polar surface area (TPSA) is 26.5 Å². The van der Waals surface area contributed by atoms with Crippen LogP contribution in [0.5, 0.6) is 5.75 Å². The van der Waals surface area contributed by atoms with E-state index in [4.69, 9.17) is 9.72 Å². The molecular weight excluding hydrogens is 272 g/mol. The van der Waals surface area contributed by atoms with Crippen molar-refractivity contribution >= 4 is 5.65 Å². The second-order valence-electron chi connectivity index (χ2n) is 6.85. The molecule has 3 nitrogen and oxygen atoms in total. The Morgan fingerprint density at radius 1 is 1.05 bits per heavy atom. The number of nitrogens with zero attached hydrogens (tertiary/aromatic N) is 2. The molecule has 22 heavy (non-hydrogen) atoms. The fourth-order valence-electron chi connectivity index (χ4n) is 2.51. The smallest absolute Gasteiger partial charge is 0.179 e. The Bertz CT molecular complexity index is 754. The summed E-state index contributed by atoms with van der Waals surface area (Å²) in [5.41, 5.74) is 3.37. The van der Waals surface area contributed by atoms with Crippen LogP contribution in [0.1, 0.15) is 32.0 Å². The Kier molecular flexibility index (Phi) is 3.88. The zero-order valence-electron chi connectivity index (χ0n) is 13.4. The van der Waals surface area contributed by atoms with Crippen LogP contribution in [0.2, 0.25) is 0 Å². The molecule has 0 N–H and O–H groups in total. The number of hydrogen-bond acceptors (Lipinski definition) is 2. The van der Waals surface area contributed by atoms with Gasteiger partial charge in [0.25, 0.3) is 0 Å². The van der Waals surface area contributed by atoms with Gasteiger partial charge in [-0.1, -0.05) is 51.1 Å². The molecule has 0 fully saturated rings. The van der Waals surface area contributed by atoms with Crippen molar-refractivity contribution in [2.75, 3.05) is 0 Å². The largest absolute Gasteiger partial charge is 0.485 e. The molecular formula is C19H22N2O. The average Bonchev–Trinajstić information content (AvgIpc) is 2.86.